The van der Waals surface area contributed by atoms with Gasteiger partial charge in [0.1, 0.15) is 6.26 Å². The number of likely N-dealkylation sites (N-methyl/N-ethyl adjacent to an activating group) is 1. The highest BCUT2D eigenvalue weighted by Crippen LogP contribution is 2.32. The van der Waals surface area contributed by atoms with E-state index in [1.54, 1.807) is 17.8 Å². The van der Waals surface area contributed by atoms with Crippen LogP contribution < -0.4 is 15.4 Å². The second-order valence-electron chi connectivity index (χ2n) is 8.23. The zero-order valence-corrected chi connectivity index (χ0v) is 20.8. The van der Waals surface area contributed by atoms with Crippen LogP contribution in [0, 0.1) is 0 Å². The number of rotatable bonds is 8. The van der Waals surface area contributed by atoms with Crippen LogP contribution >= 0.6 is 11.8 Å². The molecule has 0 saturated carbocycles. The number of nitrogens with one attached hydrogen (secondary N) is 2. The van der Waals surface area contributed by atoms with Gasteiger partial charge in [-0.15, -0.1) is 0 Å². The Morgan fingerprint density at radius 2 is 2.11 bits per heavy atom. The van der Waals surface area contributed by atoms with E-state index in [2.05, 4.69) is 39.2 Å². The number of hydrogen-bond acceptors (Lipinski definition) is 10. The largest absolute Gasteiger partial charge is 0.513 e. The van der Waals surface area contributed by atoms with Crippen LogP contribution in [0.3, 0.4) is 0 Å². The number of anilines is 3. The zero-order chi connectivity index (χ0) is 25.1. The Balaban J connectivity index is 1.46. The van der Waals surface area contributed by atoms with Gasteiger partial charge in [-0.1, -0.05) is 12.6 Å². The van der Waals surface area contributed by atoms with E-state index in [1.807, 2.05) is 36.4 Å². The number of methoxy groups -OCH3 is 1. The summed E-state index contributed by atoms with van der Waals surface area (Å²) in [4.78, 5) is 17.4. The van der Waals surface area contributed by atoms with Crippen molar-refractivity contribution in [2.75, 3.05) is 31.3 Å². The molecule has 0 saturated heterocycles. The van der Waals surface area contributed by atoms with Gasteiger partial charge in [0.2, 0.25) is 5.95 Å². The van der Waals surface area contributed by atoms with Crippen LogP contribution in [0.25, 0.3) is 5.65 Å². The number of aliphatic hydroxyl groups is 1. The first-order valence-corrected chi connectivity index (χ1v) is 12.1. The topological polar surface area (TPSA) is 113 Å². The minimum atomic E-state index is 0.399. The molecule has 5 rings (SSSR count). The Labute approximate surface area is 212 Å². The molecule has 0 unspecified atom stereocenters. The maximum absolute atomic E-state index is 9.30. The summed E-state index contributed by atoms with van der Waals surface area (Å²) in [6.45, 7) is 5.48. The molecule has 4 heterocycles. The standard InChI is InChI=1S/C25H26N8O2S/c1-4-17(15-34)27-18-6-5-7-19(13-18)36-25-31-24(29-22-8-10-26-33(22)25)30-23-21(35-3)12-16-14-32(2)11-9-20(16)28-23/h4-8,10,12-13,15,27,34H,1,9,11,14H2,2-3H3,(H,28,29,30)/b17-15-. The summed E-state index contributed by atoms with van der Waals surface area (Å²) >= 11 is 1.44. The number of ether oxygens (including phenoxy) is 1. The first-order chi connectivity index (χ1) is 17.6. The van der Waals surface area contributed by atoms with Crippen LogP contribution in [0.5, 0.6) is 5.75 Å². The molecule has 1 aromatic carbocycles. The second kappa shape index (κ2) is 10.3. The van der Waals surface area contributed by atoms with Gasteiger partial charge in [-0.3, -0.25) is 0 Å². The van der Waals surface area contributed by atoms with Crippen molar-refractivity contribution in [1.82, 2.24) is 29.5 Å². The maximum atomic E-state index is 9.30. The Bertz CT molecular complexity index is 1450. The van der Waals surface area contributed by atoms with Crippen molar-refractivity contribution in [3.8, 4) is 5.75 Å². The van der Waals surface area contributed by atoms with E-state index < -0.39 is 0 Å². The predicted octanol–water partition coefficient (Wildman–Crippen LogP) is 4.41. The van der Waals surface area contributed by atoms with Crippen LogP contribution in [0.1, 0.15) is 11.3 Å². The lowest BCUT2D eigenvalue weighted by molar-refractivity contribution is 0.308. The van der Waals surface area contributed by atoms with Gasteiger partial charge in [0.15, 0.2) is 22.4 Å². The van der Waals surface area contributed by atoms with Gasteiger partial charge < -0.3 is 25.4 Å². The van der Waals surface area contributed by atoms with Gasteiger partial charge in [-0.05, 0) is 54.7 Å². The fraction of sp³-hybridized carbons (Fsp3) is 0.200. The third-order valence-corrected chi connectivity index (χ3v) is 6.63. The van der Waals surface area contributed by atoms with Gasteiger partial charge in [-0.25, -0.2) is 4.98 Å². The van der Waals surface area contributed by atoms with E-state index in [0.29, 0.717) is 34.0 Å². The molecule has 10 nitrogen and oxygen atoms in total. The van der Waals surface area contributed by atoms with Crippen LogP contribution in [-0.2, 0) is 13.0 Å². The molecular formula is C25H26N8O2S. The SMILES string of the molecule is C=C/C(=C/O)Nc1cccc(Sc2nc(Nc3nc4c(cc3OC)CN(C)CC4)nc3ccnn23)c1. The molecule has 0 radical (unpaired) electrons. The van der Waals surface area contributed by atoms with E-state index in [1.165, 1.54) is 23.4 Å². The van der Waals surface area contributed by atoms with Gasteiger partial charge in [0.05, 0.1) is 19.0 Å². The summed E-state index contributed by atoms with van der Waals surface area (Å²) in [5.74, 6) is 1.62. The van der Waals surface area contributed by atoms with Crippen LogP contribution in [0.15, 0.2) is 77.3 Å². The molecule has 11 heteroatoms. The number of fused-ring (bicyclic) bond motifs is 2. The second-order valence-corrected chi connectivity index (χ2v) is 9.27. The Morgan fingerprint density at radius 3 is 2.92 bits per heavy atom. The highest BCUT2D eigenvalue weighted by Gasteiger charge is 2.19. The fourth-order valence-corrected chi connectivity index (χ4v) is 4.81. The van der Waals surface area contributed by atoms with E-state index in [4.69, 9.17) is 14.7 Å². The summed E-state index contributed by atoms with van der Waals surface area (Å²) in [6, 6.07) is 11.6. The summed E-state index contributed by atoms with van der Waals surface area (Å²) in [7, 11) is 3.73. The Kier molecular flexibility index (Phi) is 6.74. The predicted molar refractivity (Wildman–Crippen MR) is 140 cm³/mol. The number of aliphatic hydroxyl groups excluding tert-OH is 1. The lowest BCUT2D eigenvalue weighted by Crippen LogP contribution is -2.27. The molecule has 3 aromatic heterocycles. The summed E-state index contributed by atoms with van der Waals surface area (Å²) in [5.41, 5.74) is 4.17. The molecule has 0 fully saturated rings. The van der Waals surface area contributed by atoms with Crippen LogP contribution in [-0.4, -0.2) is 55.3 Å². The number of allylic oxidation sites excluding steroid dienone is 1. The maximum Gasteiger partial charge on any atom is 0.233 e. The fourth-order valence-electron chi connectivity index (χ4n) is 3.91. The Hall–Kier alpha value is -4.09. The van der Waals surface area contributed by atoms with E-state index in [9.17, 15) is 5.11 Å². The molecule has 184 valence electrons. The van der Waals surface area contributed by atoms with E-state index >= 15 is 0 Å². The first-order valence-electron chi connectivity index (χ1n) is 11.3. The minimum Gasteiger partial charge on any atom is -0.513 e. The smallest absolute Gasteiger partial charge is 0.233 e. The average molecular weight is 503 g/mol. The molecular weight excluding hydrogens is 476 g/mol. The molecule has 3 N–H and O–H groups in total. The third kappa shape index (κ3) is 4.97. The molecule has 0 atom stereocenters. The minimum absolute atomic E-state index is 0.399. The van der Waals surface area contributed by atoms with Crippen molar-refractivity contribution in [3.63, 3.8) is 0 Å². The summed E-state index contributed by atoms with van der Waals surface area (Å²) < 4.78 is 7.31. The van der Waals surface area contributed by atoms with Crippen LogP contribution in [0.2, 0.25) is 0 Å². The number of benzene rings is 1. The average Bonchev–Trinajstić information content (AvgIpc) is 3.36. The van der Waals surface area contributed by atoms with Crippen molar-refractivity contribution >= 4 is 34.9 Å². The molecule has 4 aromatic rings. The van der Waals surface area contributed by atoms with E-state index in [0.717, 1.165) is 42.0 Å². The monoisotopic (exact) mass is 502 g/mol. The van der Waals surface area contributed by atoms with Crippen molar-refractivity contribution in [2.24, 2.45) is 0 Å². The highest BCUT2D eigenvalue weighted by atomic mass is 32.2. The lowest BCUT2D eigenvalue weighted by atomic mass is 10.1. The quantitative estimate of drug-likeness (QED) is 0.237. The van der Waals surface area contributed by atoms with Gasteiger partial charge >= 0.3 is 0 Å². The van der Waals surface area contributed by atoms with Crippen molar-refractivity contribution in [3.05, 3.63) is 78.5 Å². The molecule has 1 aliphatic rings. The molecule has 0 bridgehead atoms. The number of aromatic nitrogens is 5. The number of pyridine rings is 1. The number of hydrogen-bond donors (Lipinski definition) is 3. The van der Waals surface area contributed by atoms with Crippen molar-refractivity contribution in [1.29, 1.82) is 0 Å². The summed E-state index contributed by atoms with van der Waals surface area (Å²) in [5, 5.41) is 20.7. The zero-order valence-electron chi connectivity index (χ0n) is 20.0. The molecule has 0 amide bonds. The van der Waals surface area contributed by atoms with Crippen LogP contribution in [0.4, 0.5) is 17.5 Å². The Morgan fingerprint density at radius 1 is 1.22 bits per heavy atom. The van der Waals surface area contributed by atoms with E-state index in [-0.39, 0.29) is 0 Å². The molecule has 1 aliphatic heterocycles. The third-order valence-electron chi connectivity index (χ3n) is 5.69. The summed E-state index contributed by atoms with van der Waals surface area (Å²) in [6.07, 6.45) is 5.07. The molecule has 36 heavy (non-hydrogen) atoms. The normalized spacial score (nSPS) is 13.9. The first kappa shape index (κ1) is 23.6. The highest BCUT2D eigenvalue weighted by molar-refractivity contribution is 7.99. The number of nitrogens with zero attached hydrogens (tertiary/aromatic N) is 6. The molecule has 0 aliphatic carbocycles. The van der Waals surface area contributed by atoms with Gasteiger partial charge in [0.25, 0.3) is 0 Å². The lowest BCUT2D eigenvalue weighted by Gasteiger charge is -2.25. The van der Waals surface area contributed by atoms with Crippen molar-refractivity contribution in [2.45, 2.75) is 23.0 Å². The molecule has 0 spiro atoms. The van der Waals surface area contributed by atoms with Crippen molar-refractivity contribution < 1.29 is 9.84 Å². The van der Waals surface area contributed by atoms with Gasteiger partial charge in [-0.2, -0.15) is 19.6 Å². The van der Waals surface area contributed by atoms with Gasteiger partial charge in [0, 0.05) is 41.9 Å².